The van der Waals surface area contributed by atoms with Gasteiger partial charge in [-0.1, -0.05) is 11.8 Å². The molecule has 82 valence electrons. The lowest BCUT2D eigenvalue weighted by atomic mass is 10.2. The molecular weight excluding hydrogens is 208 g/mol. The summed E-state index contributed by atoms with van der Waals surface area (Å²) in [4.78, 5) is 25.0. The van der Waals surface area contributed by atoms with E-state index in [1.54, 1.807) is 12.1 Å². The van der Waals surface area contributed by atoms with Gasteiger partial charge in [0, 0.05) is 13.1 Å². The molecule has 0 aromatic carbocycles. The van der Waals surface area contributed by atoms with Gasteiger partial charge < -0.3 is 10.4 Å². The predicted molar refractivity (Wildman–Crippen MR) is 56.8 cm³/mol. The summed E-state index contributed by atoms with van der Waals surface area (Å²) < 4.78 is 0. The summed E-state index contributed by atoms with van der Waals surface area (Å²) in [6.45, 7) is 1.57. The van der Waals surface area contributed by atoms with Gasteiger partial charge in [-0.2, -0.15) is 0 Å². The van der Waals surface area contributed by atoms with Crippen molar-refractivity contribution in [2.24, 2.45) is 0 Å². The van der Waals surface area contributed by atoms with Crippen molar-refractivity contribution in [3.63, 3.8) is 0 Å². The summed E-state index contributed by atoms with van der Waals surface area (Å²) in [6.07, 6.45) is 1.39. The number of aromatic carboxylic acids is 1. The van der Waals surface area contributed by atoms with E-state index in [0.29, 0.717) is 5.56 Å². The van der Waals surface area contributed by atoms with Crippen LogP contribution in [0.5, 0.6) is 0 Å². The van der Waals surface area contributed by atoms with Crippen LogP contribution in [0, 0.1) is 11.8 Å². The van der Waals surface area contributed by atoms with Gasteiger partial charge in [-0.25, -0.2) is 9.78 Å². The molecule has 0 unspecified atom stereocenters. The Hall–Kier alpha value is -2.35. The summed E-state index contributed by atoms with van der Waals surface area (Å²) in [5.41, 5.74) is 0.248. The van der Waals surface area contributed by atoms with Crippen LogP contribution in [-0.2, 0) is 4.79 Å². The minimum Gasteiger partial charge on any atom is -0.476 e. The molecule has 1 aromatic heterocycles. The molecular formula is C11H10N2O3. The van der Waals surface area contributed by atoms with Gasteiger partial charge in [0.15, 0.2) is 5.69 Å². The second-order valence-electron chi connectivity index (χ2n) is 2.92. The van der Waals surface area contributed by atoms with Gasteiger partial charge in [-0.05, 0) is 12.1 Å². The van der Waals surface area contributed by atoms with Crippen LogP contribution in [0.25, 0.3) is 0 Å². The normalized spacial score (nSPS) is 8.81. The third-order valence-corrected chi connectivity index (χ3v) is 1.66. The largest absolute Gasteiger partial charge is 0.476 e. The molecule has 0 fully saturated rings. The Morgan fingerprint density at radius 3 is 2.94 bits per heavy atom. The van der Waals surface area contributed by atoms with Gasteiger partial charge in [-0.3, -0.25) is 4.79 Å². The zero-order valence-electron chi connectivity index (χ0n) is 8.65. The SMILES string of the molecule is CC(=O)NCC#Cc1cccnc1C(=O)O. The highest BCUT2D eigenvalue weighted by atomic mass is 16.4. The van der Waals surface area contributed by atoms with Crippen LogP contribution in [0.15, 0.2) is 18.3 Å². The molecule has 0 radical (unpaired) electrons. The van der Waals surface area contributed by atoms with Crippen molar-refractivity contribution >= 4 is 11.9 Å². The Kier molecular flexibility index (Phi) is 4.04. The van der Waals surface area contributed by atoms with Crippen molar-refractivity contribution in [2.75, 3.05) is 6.54 Å². The van der Waals surface area contributed by atoms with Gasteiger partial charge in [-0.15, -0.1) is 0 Å². The topological polar surface area (TPSA) is 79.3 Å². The second kappa shape index (κ2) is 5.51. The van der Waals surface area contributed by atoms with Crippen LogP contribution >= 0.6 is 0 Å². The number of hydrogen-bond acceptors (Lipinski definition) is 3. The number of pyridine rings is 1. The predicted octanol–water partition coefficient (Wildman–Crippen LogP) is 0.267. The smallest absolute Gasteiger partial charge is 0.355 e. The number of rotatable bonds is 2. The van der Waals surface area contributed by atoms with Crippen molar-refractivity contribution in [1.29, 1.82) is 0 Å². The number of nitrogens with zero attached hydrogens (tertiary/aromatic N) is 1. The number of aromatic nitrogens is 1. The molecule has 0 bridgehead atoms. The van der Waals surface area contributed by atoms with E-state index >= 15 is 0 Å². The van der Waals surface area contributed by atoms with E-state index in [2.05, 4.69) is 22.1 Å². The summed E-state index contributed by atoms with van der Waals surface area (Å²) >= 11 is 0. The lowest BCUT2D eigenvalue weighted by Crippen LogP contribution is -2.19. The summed E-state index contributed by atoms with van der Waals surface area (Å²) in [5.74, 6) is 3.98. The van der Waals surface area contributed by atoms with Crippen molar-refractivity contribution in [1.82, 2.24) is 10.3 Å². The molecule has 0 saturated heterocycles. The number of amides is 1. The number of carbonyl (C=O) groups is 2. The molecule has 1 heterocycles. The van der Waals surface area contributed by atoms with Crippen LogP contribution in [0.4, 0.5) is 0 Å². The molecule has 0 aliphatic heterocycles. The fourth-order valence-corrected chi connectivity index (χ4v) is 0.985. The maximum Gasteiger partial charge on any atom is 0.355 e. The minimum absolute atomic E-state index is 0.0853. The van der Waals surface area contributed by atoms with Gasteiger partial charge in [0.05, 0.1) is 12.1 Å². The monoisotopic (exact) mass is 218 g/mol. The van der Waals surface area contributed by atoms with E-state index in [4.69, 9.17) is 5.11 Å². The van der Waals surface area contributed by atoms with Gasteiger partial charge in [0.2, 0.25) is 5.91 Å². The summed E-state index contributed by atoms with van der Waals surface area (Å²) in [7, 11) is 0. The minimum atomic E-state index is -1.12. The van der Waals surface area contributed by atoms with Crippen LogP contribution < -0.4 is 5.32 Å². The van der Waals surface area contributed by atoms with E-state index in [-0.39, 0.29) is 18.1 Å². The second-order valence-corrected chi connectivity index (χ2v) is 2.92. The molecule has 2 N–H and O–H groups in total. The Labute approximate surface area is 92.5 Å². The fraction of sp³-hybridized carbons (Fsp3) is 0.182. The van der Waals surface area contributed by atoms with Gasteiger partial charge >= 0.3 is 5.97 Å². The summed E-state index contributed by atoms with van der Waals surface area (Å²) in [5, 5.41) is 11.3. The van der Waals surface area contributed by atoms with E-state index in [1.165, 1.54) is 13.1 Å². The van der Waals surface area contributed by atoms with Crippen LogP contribution in [-0.4, -0.2) is 28.5 Å². The van der Waals surface area contributed by atoms with Crippen molar-refractivity contribution in [3.05, 3.63) is 29.6 Å². The van der Waals surface area contributed by atoms with E-state index < -0.39 is 5.97 Å². The average molecular weight is 218 g/mol. The molecule has 16 heavy (non-hydrogen) atoms. The number of nitrogens with one attached hydrogen (secondary N) is 1. The third kappa shape index (κ3) is 3.42. The van der Waals surface area contributed by atoms with Crippen LogP contribution in [0.2, 0.25) is 0 Å². The van der Waals surface area contributed by atoms with Crippen molar-refractivity contribution < 1.29 is 14.7 Å². The highest BCUT2D eigenvalue weighted by Crippen LogP contribution is 2.02. The fourth-order valence-electron chi connectivity index (χ4n) is 0.985. The first kappa shape index (κ1) is 11.7. The number of hydrogen-bond donors (Lipinski definition) is 2. The Morgan fingerprint density at radius 1 is 1.56 bits per heavy atom. The molecule has 5 nitrogen and oxygen atoms in total. The van der Waals surface area contributed by atoms with Gasteiger partial charge in [0.25, 0.3) is 0 Å². The molecule has 1 amide bonds. The quantitative estimate of drug-likeness (QED) is 0.698. The lowest BCUT2D eigenvalue weighted by Gasteiger charge is -1.96. The zero-order chi connectivity index (χ0) is 12.0. The maximum atomic E-state index is 10.8. The van der Waals surface area contributed by atoms with Crippen molar-refractivity contribution in [2.45, 2.75) is 6.92 Å². The van der Waals surface area contributed by atoms with E-state index in [1.807, 2.05) is 0 Å². The molecule has 1 aromatic rings. The Bertz CT molecular complexity index is 472. The molecule has 0 aliphatic carbocycles. The maximum absolute atomic E-state index is 10.8. The standard InChI is InChI=1S/C11H10N2O3/c1-8(14)12-6-2-4-9-5-3-7-13-10(9)11(15)16/h3,5,7H,6H2,1H3,(H,12,14)(H,15,16). The molecule has 0 spiro atoms. The molecule has 0 atom stereocenters. The third-order valence-electron chi connectivity index (χ3n) is 1.66. The molecule has 0 saturated carbocycles. The Morgan fingerprint density at radius 2 is 2.31 bits per heavy atom. The highest BCUT2D eigenvalue weighted by Gasteiger charge is 2.08. The van der Waals surface area contributed by atoms with Gasteiger partial charge in [0.1, 0.15) is 0 Å². The number of carboxylic acid groups (broad SMARTS) is 1. The first-order chi connectivity index (χ1) is 7.61. The first-order valence-corrected chi connectivity index (χ1v) is 4.53. The molecule has 1 rings (SSSR count). The van der Waals surface area contributed by atoms with Crippen LogP contribution in [0.3, 0.4) is 0 Å². The van der Waals surface area contributed by atoms with E-state index in [9.17, 15) is 9.59 Å². The zero-order valence-corrected chi connectivity index (χ0v) is 8.65. The first-order valence-electron chi connectivity index (χ1n) is 4.53. The molecule has 0 aliphatic rings. The molecule has 5 heteroatoms. The Balaban J connectivity index is 2.80. The summed E-state index contributed by atoms with van der Waals surface area (Å²) in [6, 6.07) is 3.17. The average Bonchev–Trinajstić information content (AvgIpc) is 2.24. The van der Waals surface area contributed by atoms with E-state index in [0.717, 1.165) is 0 Å². The lowest BCUT2D eigenvalue weighted by molar-refractivity contribution is -0.118. The number of carboxylic acids is 1. The number of carbonyl (C=O) groups excluding carboxylic acids is 1. The van der Waals surface area contributed by atoms with Crippen molar-refractivity contribution in [3.8, 4) is 11.8 Å². The highest BCUT2D eigenvalue weighted by molar-refractivity contribution is 5.88. The van der Waals surface area contributed by atoms with Crippen LogP contribution in [0.1, 0.15) is 23.0 Å².